The van der Waals surface area contributed by atoms with Crippen LogP contribution in [0.4, 0.5) is 0 Å². The van der Waals surface area contributed by atoms with Gasteiger partial charge in [0.2, 0.25) is 11.8 Å². The van der Waals surface area contributed by atoms with Crippen molar-refractivity contribution in [1.29, 1.82) is 0 Å². The lowest BCUT2D eigenvalue weighted by Gasteiger charge is -2.07. The van der Waals surface area contributed by atoms with E-state index < -0.39 is 0 Å². The molecule has 1 N–H and O–H groups in total. The maximum Gasteiger partial charge on any atom is 0.226 e. The summed E-state index contributed by atoms with van der Waals surface area (Å²) >= 11 is 0. The molecule has 0 saturated heterocycles. The second kappa shape index (κ2) is 9.81. The minimum atomic E-state index is 0.0407. The van der Waals surface area contributed by atoms with E-state index in [2.05, 4.69) is 15.5 Å². The Kier molecular flexibility index (Phi) is 7.44. The molecule has 0 spiro atoms. The number of nitrogens with one attached hydrogen (secondary N) is 1. The van der Waals surface area contributed by atoms with Gasteiger partial charge in [-0.2, -0.15) is 4.98 Å². The summed E-state index contributed by atoms with van der Waals surface area (Å²) in [6, 6.07) is 7.95. The molecule has 2 rings (SSSR count). The SMILES string of the molecule is Cc1ccc(OCCCNC(=O)CCCc2nc(C(C)C)no2)cc1. The fourth-order valence-electron chi connectivity index (χ4n) is 2.22. The smallest absolute Gasteiger partial charge is 0.226 e. The van der Waals surface area contributed by atoms with Crippen LogP contribution in [0.3, 0.4) is 0 Å². The van der Waals surface area contributed by atoms with Crippen molar-refractivity contribution in [3.8, 4) is 5.75 Å². The Labute approximate surface area is 149 Å². The first kappa shape index (κ1) is 19.0. The van der Waals surface area contributed by atoms with Gasteiger partial charge < -0.3 is 14.6 Å². The topological polar surface area (TPSA) is 77.2 Å². The predicted molar refractivity (Wildman–Crippen MR) is 95.6 cm³/mol. The van der Waals surface area contributed by atoms with E-state index in [1.54, 1.807) is 0 Å². The Morgan fingerprint density at radius 2 is 2.00 bits per heavy atom. The minimum absolute atomic E-state index is 0.0407. The van der Waals surface area contributed by atoms with Crippen molar-refractivity contribution in [2.24, 2.45) is 0 Å². The monoisotopic (exact) mass is 345 g/mol. The van der Waals surface area contributed by atoms with Crippen molar-refractivity contribution in [3.63, 3.8) is 0 Å². The number of hydrogen-bond acceptors (Lipinski definition) is 5. The Balaban J connectivity index is 1.52. The third-order valence-corrected chi connectivity index (χ3v) is 3.73. The maximum absolute atomic E-state index is 11.8. The van der Waals surface area contributed by atoms with Gasteiger partial charge in [0.25, 0.3) is 0 Å². The molecule has 1 aromatic heterocycles. The lowest BCUT2D eigenvalue weighted by molar-refractivity contribution is -0.121. The van der Waals surface area contributed by atoms with Crippen LogP contribution in [-0.4, -0.2) is 29.2 Å². The second-order valence-corrected chi connectivity index (χ2v) is 6.42. The van der Waals surface area contributed by atoms with Gasteiger partial charge in [-0.15, -0.1) is 0 Å². The Morgan fingerprint density at radius 1 is 1.24 bits per heavy atom. The number of benzene rings is 1. The molecule has 1 amide bonds. The van der Waals surface area contributed by atoms with Gasteiger partial charge in [-0.25, -0.2) is 0 Å². The predicted octanol–water partition coefficient (Wildman–Crippen LogP) is 3.41. The number of amides is 1. The van der Waals surface area contributed by atoms with Gasteiger partial charge in [-0.05, 0) is 31.9 Å². The molecule has 6 nitrogen and oxygen atoms in total. The molecule has 0 unspecified atom stereocenters. The van der Waals surface area contributed by atoms with Crippen molar-refractivity contribution < 1.29 is 14.1 Å². The minimum Gasteiger partial charge on any atom is -0.494 e. The third-order valence-electron chi connectivity index (χ3n) is 3.73. The zero-order valence-electron chi connectivity index (χ0n) is 15.2. The largest absolute Gasteiger partial charge is 0.494 e. The highest BCUT2D eigenvalue weighted by Crippen LogP contribution is 2.12. The maximum atomic E-state index is 11.8. The summed E-state index contributed by atoms with van der Waals surface area (Å²) in [4.78, 5) is 16.1. The highest BCUT2D eigenvalue weighted by atomic mass is 16.5. The molecular formula is C19H27N3O3. The highest BCUT2D eigenvalue weighted by Gasteiger charge is 2.10. The van der Waals surface area contributed by atoms with E-state index in [9.17, 15) is 4.79 Å². The standard InChI is InChI=1S/C19H27N3O3/c1-14(2)19-21-18(25-22-19)7-4-6-17(23)20-12-5-13-24-16-10-8-15(3)9-11-16/h8-11,14H,4-7,12-13H2,1-3H3,(H,20,23). The van der Waals surface area contributed by atoms with E-state index >= 15 is 0 Å². The van der Waals surface area contributed by atoms with Crippen molar-refractivity contribution >= 4 is 5.91 Å². The summed E-state index contributed by atoms with van der Waals surface area (Å²) in [7, 11) is 0. The molecule has 0 fully saturated rings. The number of ether oxygens (including phenoxy) is 1. The van der Waals surface area contributed by atoms with E-state index in [4.69, 9.17) is 9.26 Å². The van der Waals surface area contributed by atoms with Gasteiger partial charge in [0.1, 0.15) is 5.75 Å². The lowest BCUT2D eigenvalue weighted by Crippen LogP contribution is -2.25. The van der Waals surface area contributed by atoms with Gasteiger partial charge in [0.05, 0.1) is 6.61 Å². The highest BCUT2D eigenvalue weighted by molar-refractivity contribution is 5.75. The van der Waals surface area contributed by atoms with E-state index in [-0.39, 0.29) is 11.8 Å². The second-order valence-electron chi connectivity index (χ2n) is 6.42. The quantitative estimate of drug-likeness (QED) is 0.668. The van der Waals surface area contributed by atoms with E-state index in [1.165, 1.54) is 5.56 Å². The summed E-state index contributed by atoms with van der Waals surface area (Å²) in [5, 5.41) is 6.81. The fourth-order valence-corrected chi connectivity index (χ4v) is 2.22. The number of nitrogens with zero attached hydrogens (tertiary/aromatic N) is 2. The Hall–Kier alpha value is -2.37. The molecule has 0 aliphatic heterocycles. The number of hydrogen-bond donors (Lipinski definition) is 1. The van der Waals surface area contributed by atoms with Crippen LogP contribution in [0, 0.1) is 6.92 Å². The van der Waals surface area contributed by atoms with Crippen molar-refractivity contribution in [3.05, 3.63) is 41.5 Å². The summed E-state index contributed by atoms with van der Waals surface area (Å²) in [6.07, 6.45) is 2.56. The van der Waals surface area contributed by atoms with Crippen LogP contribution in [0.15, 0.2) is 28.8 Å². The molecule has 25 heavy (non-hydrogen) atoms. The molecule has 0 saturated carbocycles. The molecule has 6 heteroatoms. The van der Waals surface area contributed by atoms with E-state index in [0.717, 1.165) is 12.2 Å². The third kappa shape index (κ3) is 6.95. The van der Waals surface area contributed by atoms with E-state index in [1.807, 2.05) is 45.0 Å². The number of aryl methyl sites for hydroxylation is 2. The summed E-state index contributed by atoms with van der Waals surface area (Å²) in [5.41, 5.74) is 1.21. The van der Waals surface area contributed by atoms with Gasteiger partial charge >= 0.3 is 0 Å². The average molecular weight is 345 g/mol. The van der Waals surface area contributed by atoms with Crippen LogP contribution in [0.1, 0.15) is 56.3 Å². The van der Waals surface area contributed by atoms with Gasteiger partial charge in [-0.3, -0.25) is 4.79 Å². The van der Waals surface area contributed by atoms with Gasteiger partial charge in [0.15, 0.2) is 5.82 Å². The first-order chi connectivity index (χ1) is 12.0. The fraction of sp³-hybridized carbons (Fsp3) is 0.526. The van der Waals surface area contributed by atoms with Crippen molar-refractivity contribution in [2.45, 2.75) is 52.4 Å². The number of aromatic nitrogens is 2. The molecule has 1 aromatic carbocycles. The molecule has 0 radical (unpaired) electrons. The van der Waals surface area contributed by atoms with Gasteiger partial charge in [0, 0.05) is 25.3 Å². The molecule has 0 aliphatic rings. The number of rotatable bonds is 10. The molecule has 0 bridgehead atoms. The van der Waals surface area contributed by atoms with Crippen molar-refractivity contribution in [1.82, 2.24) is 15.5 Å². The first-order valence-electron chi connectivity index (χ1n) is 8.83. The van der Waals surface area contributed by atoms with E-state index in [0.29, 0.717) is 44.1 Å². The Morgan fingerprint density at radius 3 is 2.68 bits per heavy atom. The molecular weight excluding hydrogens is 318 g/mol. The van der Waals surface area contributed by atoms with Gasteiger partial charge in [-0.1, -0.05) is 36.7 Å². The van der Waals surface area contributed by atoms with Crippen LogP contribution in [-0.2, 0) is 11.2 Å². The van der Waals surface area contributed by atoms with Crippen LogP contribution in [0.2, 0.25) is 0 Å². The Bertz CT molecular complexity index is 650. The van der Waals surface area contributed by atoms with Crippen LogP contribution in [0.25, 0.3) is 0 Å². The number of carbonyl (C=O) groups excluding carboxylic acids is 1. The normalized spacial score (nSPS) is 10.9. The molecule has 2 aromatic rings. The molecule has 0 aliphatic carbocycles. The van der Waals surface area contributed by atoms with Crippen LogP contribution >= 0.6 is 0 Å². The zero-order chi connectivity index (χ0) is 18.1. The molecule has 136 valence electrons. The van der Waals surface area contributed by atoms with Crippen LogP contribution in [0.5, 0.6) is 5.75 Å². The average Bonchev–Trinajstić information content (AvgIpc) is 3.05. The summed E-state index contributed by atoms with van der Waals surface area (Å²) < 4.78 is 10.8. The lowest BCUT2D eigenvalue weighted by atomic mass is 10.2. The summed E-state index contributed by atoms with van der Waals surface area (Å²) in [6.45, 7) is 7.28. The van der Waals surface area contributed by atoms with Crippen molar-refractivity contribution in [2.75, 3.05) is 13.2 Å². The zero-order valence-corrected chi connectivity index (χ0v) is 15.2. The van der Waals surface area contributed by atoms with Crippen LogP contribution < -0.4 is 10.1 Å². The first-order valence-corrected chi connectivity index (χ1v) is 8.83. The molecule has 1 heterocycles. The number of carbonyl (C=O) groups is 1. The summed E-state index contributed by atoms with van der Waals surface area (Å²) in [5.74, 6) is 2.47. The molecule has 0 atom stereocenters.